The van der Waals surface area contributed by atoms with Crippen LogP contribution in [-0.4, -0.2) is 16.9 Å². The first kappa shape index (κ1) is 12.6. The molecule has 1 aromatic carbocycles. The lowest BCUT2D eigenvalue weighted by Crippen LogP contribution is -1.98. The van der Waals surface area contributed by atoms with E-state index in [9.17, 15) is 9.59 Å². The van der Waals surface area contributed by atoms with E-state index >= 15 is 0 Å². The molecule has 0 unspecified atom stereocenters. The molecule has 1 rings (SSSR count). The van der Waals surface area contributed by atoms with Crippen LogP contribution in [0.15, 0.2) is 28.7 Å². The van der Waals surface area contributed by atoms with Crippen molar-refractivity contribution in [3.63, 3.8) is 0 Å². The van der Waals surface area contributed by atoms with Gasteiger partial charge in [0.2, 0.25) is 0 Å². The van der Waals surface area contributed by atoms with E-state index in [1.165, 1.54) is 13.0 Å². The second-order valence-electron chi connectivity index (χ2n) is 3.37. The lowest BCUT2D eigenvalue weighted by atomic mass is 10.1. The number of hydrogen-bond acceptors (Lipinski definition) is 2. The van der Waals surface area contributed by atoms with E-state index in [-0.39, 0.29) is 5.78 Å². The van der Waals surface area contributed by atoms with Crippen molar-refractivity contribution >= 4 is 33.8 Å². The SMILES string of the molecule is CC(=O)Cc1cccc(/C=C/C(=O)O)c1Br. The van der Waals surface area contributed by atoms with Crippen LogP contribution in [0, 0.1) is 0 Å². The number of hydrogen-bond donors (Lipinski definition) is 1. The zero-order valence-electron chi connectivity index (χ0n) is 8.74. The Kier molecular flexibility index (Phi) is 4.43. The average Bonchev–Trinajstić information content (AvgIpc) is 2.18. The zero-order chi connectivity index (χ0) is 12.1. The van der Waals surface area contributed by atoms with Gasteiger partial charge >= 0.3 is 5.97 Å². The maximum atomic E-state index is 11.0. The first-order valence-electron chi connectivity index (χ1n) is 4.68. The molecule has 0 radical (unpaired) electrons. The monoisotopic (exact) mass is 282 g/mol. The van der Waals surface area contributed by atoms with Crippen molar-refractivity contribution in [3.8, 4) is 0 Å². The molecule has 0 spiro atoms. The van der Waals surface area contributed by atoms with Gasteiger partial charge in [-0.15, -0.1) is 0 Å². The van der Waals surface area contributed by atoms with Crippen LogP contribution in [0.2, 0.25) is 0 Å². The highest BCUT2D eigenvalue weighted by atomic mass is 79.9. The van der Waals surface area contributed by atoms with Crippen molar-refractivity contribution in [1.29, 1.82) is 0 Å². The summed E-state index contributed by atoms with van der Waals surface area (Å²) in [6.07, 6.45) is 2.91. The summed E-state index contributed by atoms with van der Waals surface area (Å²) in [4.78, 5) is 21.4. The first-order chi connectivity index (χ1) is 7.50. The van der Waals surface area contributed by atoms with Gasteiger partial charge in [0.15, 0.2) is 0 Å². The van der Waals surface area contributed by atoms with E-state index in [0.29, 0.717) is 6.42 Å². The summed E-state index contributed by atoms with van der Waals surface area (Å²) >= 11 is 3.36. The van der Waals surface area contributed by atoms with Crippen LogP contribution in [0.5, 0.6) is 0 Å². The third-order valence-electron chi connectivity index (χ3n) is 1.95. The topological polar surface area (TPSA) is 54.4 Å². The van der Waals surface area contributed by atoms with Crippen LogP contribution in [0.25, 0.3) is 6.08 Å². The van der Waals surface area contributed by atoms with Crippen LogP contribution >= 0.6 is 15.9 Å². The number of aliphatic carboxylic acids is 1. The molecule has 0 bridgehead atoms. The standard InChI is InChI=1S/C12H11BrO3/c1-8(14)7-10-4-2-3-9(12(10)13)5-6-11(15)16/h2-6H,7H2,1H3,(H,15,16)/b6-5+. The first-order valence-corrected chi connectivity index (χ1v) is 5.48. The van der Waals surface area contributed by atoms with E-state index in [4.69, 9.17) is 5.11 Å². The van der Waals surface area contributed by atoms with Gasteiger partial charge < -0.3 is 5.11 Å². The van der Waals surface area contributed by atoms with Crippen LogP contribution in [0.3, 0.4) is 0 Å². The number of carboxylic acids is 1. The summed E-state index contributed by atoms with van der Waals surface area (Å²) in [6.45, 7) is 1.52. The van der Waals surface area contributed by atoms with Gasteiger partial charge in [-0.05, 0) is 40.1 Å². The van der Waals surface area contributed by atoms with Crippen molar-refractivity contribution < 1.29 is 14.7 Å². The summed E-state index contributed by atoms with van der Waals surface area (Å²) < 4.78 is 0.766. The predicted molar refractivity (Wildman–Crippen MR) is 65.2 cm³/mol. The van der Waals surface area contributed by atoms with Crippen LogP contribution in [-0.2, 0) is 16.0 Å². The number of ketones is 1. The number of carbonyl (C=O) groups excluding carboxylic acids is 1. The number of carboxylic acid groups (broad SMARTS) is 1. The molecule has 3 nitrogen and oxygen atoms in total. The van der Waals surface area contributed by atoms with Gasteiger partial charge in [0, 0.05) is 17.0 Å². The van der Waals surface area contributed by atoms with E-state index in [1.807, 2.05) is 6.07 Å². The summed E-state index contributed by atoms with van der Waals surface area (Å²) in [5.41, 5.74) is 1.61. The van der Waals surface area contributed by atoms with Gasteiger partial charge in [-0.1, -0.05) is 18.2 Å². The molecule has 1 aromatic rings. The average molecular weight is 283 g/mol. The second-order valence-corrected chi connectivity index (χ2v) is 4.16. The normalized spacial score (nSPS) is 10.6. The Hall–Kier alpha value is -1.42. The lowest BCUT2D eigenvalue weighted by Gasteiger charge is -2.05. The largest absolute Gasteiger partial charge is 0.478 e. The van der Waals surface area contributed by atoms with Gasteiger partial charge in [0.1, 0.15) is 5.78 Å². The van der Waals surface area contributed by atoms with Gasteiger partial charge in [0.25, 0.3) is 0 Å². The molecule has 0 atom stereocenters. The van der Waals surface area contributed by atoms with Crippen LogP contribution in [0.4, 0.5) is 0 Å². The quantitative estimate of drug-likeness (QED) is 0.864. The minimum atomic E-state index is -0.996. The molecule has 16 heavy (non-hydrogen) atoms. The fraction of sp³-hybridized carbons (Fsp3) is 0.167. The third-order valence-corrected chi connectivity index (χ3v) is 2.92. The minimum Gasteiger partial charge on any atom is -0.478 e. The highest BCUT2D eigenvalue weighted by Gasteiger charge is 2.05. The van der Waals surface area contributed by atoms with Gasteiger partial charge in [0.05, 0.1) is 0 Å². The van der Waals surface area contributed by atoms with E-state index in [1.54, 1.807) is 12.1 Å². The smallest absolute Gasteiger partial charge is 0.328 e. The molecule has 84 valence electrons. The third kappa shape index (κ3) is 3.62. The molecule has 0 fully saturated rings. The Balaban J connectivity index is 3.03. The summed E-state index contributed by atoms with van der Waals surface area (Å²) in [5, 5.41) is 8.52. The highest BCUT2D eigenvalue weighted by Crippen LogP contribution is 2.23. The van der Waals surface area contributed by atoms with Crippen LogP contribution < -0.4 is 0 Å². The van der Waals surface area contributed by atoms with Crippen molar-refractivity contribution in [3.05, 3.63) is 39.9 Å². The lowest BCUT2D eigenvalue weighted by molar-refractivity contribution is -0.131. The van der Waals surface area contributed by atoms with Crippen molar-refractivity contribution in [2.45, 2.75) is 13.3 Å². The fourth-order valence-electron chi connectivity index (χ4n) is 1.29. The second kappa shape index (κ2) is 5.61. The number of halogens is 1. The maximum Gasteiger partial charge on any atom is 0.328 e. The summed E-state index contributed by atoms with van der Waals surface area (Å²) in [5.74, 6) is -0.927. The van der Waals surface area contributed by atoms with Gasteiger partial charge in [-0.2, -0.15) is 0 Å². The Morgan fingerprint density at radius 1 is 1.44 bits per heavy atom. The van der Waals surface area contributed by atoms with E-state index in [0.717, 1.165) is 21.7 Å². The van der Waals surface area contributed by atoms with E-state index in [2.05, 4.69) is 15.9 Å². The molecule has 0 aromatic heterocycles. The Morgan fingerprint density at radius 3 is 2.69 bits per heavy atom. The van der Waals surface area contributed by atoms with Crippen molar-refractivity contribution in [2.75, 3.05) is 0 Å². The zero-order valence-corrected chi connectivity index (χ0v) is 10.3. The molecule has 0 aliphatic rings. The molecule has 0 aliphatic carbocycles. The van der Waals surface area contributed by atoms with Gasteiger partial charge in [-0.3, -0.25) is 4.79 Å². The Labute approximate surface area is 102 Å². The Morgan fingerprint density at radius 2 is 2.12 bits per heavy atom. The molecule has 0 aliphatic heterocycles. The summed E-state index contributed by atoms with van der Waals surface area (Å²) in [6, 6.07) is 5.42. The molecular weight excluding hydrogens is 272 g/mol. The number of benzene rings is 1. The molecular formula is C12H11BrO3. The molecule has 0 heterocycles. The fourth-order valence-corrected chi connectivity index (χ4v) is 1.83. The molecule has 1 N–H and O–H groups in total. The minimum absolute atomic E-state index is 0.0695. The molecule has 0 saturated carbocycles. The Bertz CT molecular complexity index is 450. The number of Topliss-reactive ketones (excluding diaryl/α,β-unsaturated/α-hetero) is 1. The van der Waals surface area contributed by atoms with Gasteiger partial charge in [-0.25, -0.2) is 4.79 Å². The van der Waals surface area contributed by atoms with E-state index < -0.39 is 5.97 Å². The highest BCUT2D eigenvalue weighted by molar-refractivity contribution is 9.10. The maximum absolute atomic E-state index is 11.0. The van der Waals surface area contributed by atoms with Crippen molar-refractivity contribution in [1.82, 2.24) is 0 Å². The molecule has 0 saturated heterocycles. The van der Waals surface area contributed by atoms with Crippen LogP contribution in [0.1, 0.15) is 18.1 Å². The van der Waals surface area contributed by atoms with Crippen molar-refractivity contribution in [2.24, 2.45) is 0 Å². The predicted octanol–water partition coefficient (Wildman–Crippen LogP) is 2.68. The summed E-state index contributed by atoms with van der Waals surface area (Å²) in [7, 11) is 0. The molecule has 0 amide bonds. The number of rotatable bonds is 4. The molecule has 4 heteroatoms. The number of carbonyl (C=O) groups is 2.